The van der Waals surface area contributed by atoms with Gasteiger partial charge in [-0.2, -0.15) is 0 Å². The summed E-state index contributed by atoms with van der Waals surface area (Å²) in [5.41, 5.74) is -0.181. The highest BCUT2D eigenvalue weighted by Crippen LogP contribution is 2.00. The molecule has 0 heterocycles. The van der Waals surface area contributed by atoms with Gasteiger partial charge in [0.1, 0.15) is 6.61 Å². The Bertz CT molecular complexity index is 117. The lowest BCUT2D eigenvalue weighted by Crippen LogP contribution is -2.22. The molecule has 118 valence electrons. The summed E-state index contributed by atoms with van der Waals surface area (Å²) in [5.74, 6) is 13.8. The highest BCUT2D eigenvalue weighted by molar-refractivity contribution is 5.53. The maximum Gasteiger partial charge on any atom is 0.102 e. The van der Waals surface area contributed by atoms with E-state index in [0.29, 0.717) is 6.61 Å². The average Bonchev–Trinajstić information content (AvgIpc) is 2.19. The van der Waals surface area contributed by atoms with E-state index < -0.39 is 0 Å². The molecular formula is C11H36N4O3. The van der Waals surface area contributed by atoms with Crippen LogP contribution < -0.4 is 17.7 Å². The van der Waals surface area contributed by atoms with Gasteiger partial charge in [-0.25, -0.2) is 17.7 Å². The quantitative estimate of drug-likeness (QED) is 0.459. The van der Waals surface area contributed by atoms with E-state index in [0.717, 1.165) is 6.21 Å². The summed E-state index contributed by atoms with van der Waals surface area (Å²) in [5, 5.41) is 6.27. The highest BCUT2D eigenvalue weighted by Gasteiger charge is 2.05. The zero-order chi connectivity index (χ0) is 12.7. The normalized spacial score (nSPS) is 7.72. The second kappa shape index (κ2) is 29.9. The van der Waals surface area contributed by atoms with Crippen LogP contribution in [0.25, 0.3) is 0 Å². The fourth-order valence-corrected chi connectivity index (χ4v) is 0.0481. The molecule has 7 heteroatoms. The summed E-state index contributed by atoms with van der Waals surface area (Å²) in [6.45, 7) is 8.33. The molecular weight excluding hydrogens is 236 g/mol. The molecule has 0 fully saturated rings. The van der Waals surface area contributed by atoms with Gasteiger partial charge in [0.05, 0.1) is 12.2 Å². The predicted molar refractivity (Wildman–Crippen MR) is 80.0 cm³/mol. The Kier molecular flexibility index (Phi) is 59.9. The molecule has 7 nitrogen and oxygen atoms in total. The first-order valence-corrected chi connectivity index (χ1v) is 4.39. The van der Waals surface area contributed by atoms with Crippen molar-refractivity contribution in [3.63, 3.8) is 0 Å². The summed E-state index contributed by atoms with van der Waals surface area (Å²) >= 11 is 0. The molecule has 7 N–H and O–H groups in total. The minimum absolute atomic E-state index is 0. The molecule has 0 radical (unpaired) electrons. The third-order valence-electron chi connectivity index (χ3n) is 0.700. The first-order valence-electron chi connectivity index (χ1n) is 4.39. The standard InChI is InChI=1S/C4H11NO.C2H6N2O.C2H7NO.3CH4/c1-4(2,3)6-5;3-1-2-5-4;1-2-4-3;;;/h5H2,1-3H3;1,3H,2,4H2;2-3H2,1H3;3*1H4. The van der Waals surface area contributed by atoms with Gasteiger partial charge in [-0.05, 0) is 27.7 Å². The molecule has 0 atom stereocenters. The molecule has 18 heavy (non-hydrogen) atoms. The van der Waals surface area contributed by atoms with Crippen molar-refractivity contribution in [1.82, 2.24) is 0 Å². The molecule has 0 saturated heterocycles. The van der Waals surface area contributed by atoms with Crippen molar-refractivity contribution in [2.45, 2.75) is 55.6 Å². The largest absolute Gasteiger partial charge is 0.311 e. The Morgan fingerprint density at radius 1 is 1.00 bits per heavy atom. The molecule has 0 aromatic carbocycles. The highest BCUT2D eigenvalue weighted by atomic mass is 16.6. The first kappa shape index (κ1) is 36.0. The fourth-order valence-electron chi connectivity index (χ4n) is 0.0481. The van der Waals surface area contributed by atoms with Crippen LogP contribution in [0.5, 0.6) is 0 Å². The van der Waals surface area contributed by atoms with E-state index in [-0.39, 0.29) is 34.5 Å². The molecule has 0 aromatic heterocycles. The molecule has 0 rings (SSSR count). The van der Waals surface area contributed by atoms with Gasteiger partial charge < -0.3 is 10.2 Å². The van der Waals surface area contributed by atoms with Crippen LogP contribution in [0.1, 0.15) is 50.0 Å². The Balaban J connectivity index is -0.0000000282. The van der Waals surface area contributed by atoms with Gasteiger partial charge in [-0.1, -0.05) is 22.3 Å². The van der Waals surface area contributed by atoms with Crippen LogP contribution in [-0.4, -0.2) is 25.0 Å². The van der Waals surface area contributed by atoms with Crippen LogP contribution in [0.15, 0.2) is 0 Å². The monoisotopic (exact) mass is 272 g/mol. The van der Waals surface area contributed by atoms with Gasteiger partial charge in [-0.15, -0.1) is 0 Å². The van der Waals surface area contributed by atoms with E-state index in [2.05, 4.69) is 26.3 Å². The Morgan fingerprint density at radius 2 is 1.28 bits per heavy atom. The summed E-state index contributed by atoms with van der Waals surface area (Å²) in [7, 11) is 0. The van der Waals surface area contributed by atoms with Crippen LogP contribution in [0, 0.1) is 5.41 Å². The van der Waals surface area contributed by atoms with Crippen molar-refractivity contribution in [2.75, 3.05) is 13.2 Å². The molecule has 0 aromatic rings. The van der Waals surface area contributed by atoms with Gasteiger partial charge in [-0.3, -0.25) is 9.68 Å². The van der Waals surface area contributed by atoms with Crippen molar-refractivity contribution in [3.05, 3.63) is 0 Å². The van der Waals surface area contributed by atoms with Crippen molar-refractivity contribution in [2.24, 2.45) is 17.7 Å². The molecule has 0 unspecified atom stereocenters. The lowest BCUT2D eigenvalue weighted by Gasteiger charge is -2.12. The number of nitrogens with one attached hydrogen (secondary N) is 1. The summed E-state index contributed by atoms with van der Waals surface area (Å²) < 4.78 is 0. The summed E-state index contributed by atoms with van der Waals surface area (Å²) in [6, 6.07) is 0. The van der Waals surface area contributed by atoms with Gasteiger partial charge in [0.15, 0.2) is 0 Å². The maximum absolute atomic E-state index is 6.27. The van der Waals surface area contributed by atoms with E-state index >= 15 is 0 Å². The van der Waals surface area contributed by atoms with Crippen LogP contribution in [-0.2, 0) is 14.5 Å². The zero-order valence-electron chi connectivity index (χ0n) is 9.95. The topological polar surface area (TPSA) is 130 Å². The number of rotatable bonds is 3. The Morgan fingerprint density at radius 3 is 1.28 bits per heavy atom. The molecule has 0 aliphatic heterocycles. The fraction of sp³-hybridized carbons (Fsp3) is 0.909. The summed E-state index contributed by atoms with van der Waals surface area (Å²) in [4.78, 5) is 12.4. The Hall–Kier alpha value is -0.570. The lowest BCUT2D eigenvalue weighted by atomic mass is 10.2. The van der Waals surface area contributed by atoms with Crippen molar-refractivity contribution < 1.29 is 14.5 Å². The predicted octanol–water partition coefficient (Wildman–Crippen LogP) is 2.01. The second-order valence-electron chi connectivity index (χ2n) is 3.22. The SMILES string of the molecule is C.C.C.CC(C)(C)ON.CCON.N=CCON. The number of hydrogen-bond acceptors (Lipinski definition) is 7. The van der Waals surface area contributed by atoms with Crippen LogP contribution in [0.3, 0.4) is 0 Å². The molecule has 0 aliphatic rings. The number of hydrogen-bond donors (Lipinski definition) is 4. The van der Waals surface area contributed by atoms with Crippen molar-refractivity contribution in [3.8, 4) is 0 Å². The maximum atomic E-state index is 6.27. The van der Waals surface area contributed by atoms with E-state index in [1.807, 2.05) is 27.7 Å². The molecule has 0 amide bonds. The van der Waals surface area contributed by atoms with Crippen molar-refractivity contribution in [1.29, 1.82) is 5.41 Å². The van der Waals surface area contributed by atoms with Gasteiger partial charge in [0.2, 0.25) is 0 Å². The minimum atomic E-state index is -0.181. The molecule has 0 spiro atoms. The van der Waals surface area contributed by atoms with Crippen LogP contribution >= 0.6 is 0 Å². The van der Waals surface area contributed by atoms with E-state index in [4.69, 9.17) is 11.3 Å². The number of nitrogens with two attached hydrogens (primary N) is 3. The third-order valence-corrected chi connectivity index (χ3v) is 0.700. The summed E-state index contributed by atoms with van der Waals surface area (Å²) in [6.07, 6.45) is 1.08. The van der Waals surface area contributed by atoms with E-state index in [1.165, 1.54) is 0 Å². The van der Waals surface area contributed by atoms with E-state index in [9.17, 15) is 0 Å². The Labute approximate surface area is 113 Å². The third kappa shape index (κ3) is 109. The molecule has 0 aliphatic carbocycles. The van der Waals surface area contributed by atoms with E-state index in [1.54, 1.807) is 0 Å². The van der Waals surface area contributed by atoms with Gasteiger partial charge in [0.25, 0.3) is 0 Å². The second-order valence-corrected chi connectivity index (χ2v) is 3.22. The van der Waals surface area contributed by atoms with Crippen molar-refractivity contribution >= 4 is 6.21 Å². The van der Waals surface area contributed by atoms with Crippen LogP contribution in [0.2, 0.25) is 0 Å². The van der Waals surface area contributed by atoms with Gasteiger partial charge in [0, 0.05) is 6.21 Å². The first-order chi connectivity index (χ1) is 6.89. The minimum Gasteiger partial charge on any atom is -0.311 e. The van der Waals surface area contributed by atoms with Crippen LogP contribution in [0.4, 0.5) is 0 Å². The lowest BCUT2D eigenvalue weighted by molar-refractivity contribution is -0.00428. The zero-order valence-corrected chi connectivity index (χ0v) is 9.95. The molecule has 0 bridgehead atoms. The average molecular weight is 272 g/mol. The molecule has 0 saturated carbocycles. The van der Waals surface area contributed by atoms with Gasteiger partial charge >= 0.3 is 0 Å². The smallest absolute Gasteiger partial charge is 0.102 e.